The van der Waals surface area contributed by atoms with Crippen LogP contribution in [0.25, 0.3) is 21.4 Å². The number of rotatable bonds is 4. The predicted octanol–water partition coefficient (Wildman–Crippen LogP) is 5.19. The van der Waals surface area contributed by atoms with E-state index in [-0.39, 0.29) is 0 Å². The molecule has 1 amide bonds. The zero-order valence-electron chi connectivity index (χ0n) is 14.8. The number of fused-ring (bicyclic) bond motifs is 1. The molecule has 0 aliphatic carbocycles. The molecule has 2 aromatic heterocycles. The van der Waals surface area contributed by atoms with Gasteiger partial charge in [-0.1, -0.05) is 17.3 Å². The zero-order chi connectivity index (χ0) is 18.1. The van der Waals surface area contributed by atoms with Gasteiger partial charge in [-0.3, -0.25) is 0 Å². The lowest BCUT2D eigenvalue weighted by atomic mass is 9.91. The highest BCUT2D eigenvalue weighted by Gasteiger charge is 2.23. The highest BCUT2D eigenvalue weighted by Crippen LogP contribution is 2.34. The second-order valence-corrected chi connectivity index (χ2v) is 7.92. The molecule has 4 rings (SSSR count). The first kappa shape index (κ1) is 17.1. The van der Waals surface area contributed by atoms with Gasteiger partial charge in [0, 0.05) is 28.9 Å². The van der Waals surface area contributed by atoms with Crippen molar-refractivity contribution in [3.05, 3.63) is 40.9 Å². The van der Waals surface area contributed by atoms with Crippen molar-refractivity contribution >= 4 is 28.4 Å². The molecule has 0 saturated carbocycles. The first-order valence-electron chi connectivity index (χ1n) is 9.03. The van der Waals surface area contributed by atoms with Gasteiger partial charge in [-0.15, -0.1) is 11.3 Å². The SMILES string of the molecule is Cc1c(-c2cccs2)ccc2c(CCC3CCN(C(=O)O)CC3)noc12. The van der Waals surface area contributed by atoms with E-state index in [0.717, 1.165) is 47.9 Å². The minimum atomic E-state index is -0.803. The predicted molar refractivity (Wildman–Crippen MR) is 103 cm³/mol. The van der Waals surface area contributed by atoms with Crippen LogP contribution in [0.1, 0.15) is 30.5 Å². The van der Waals surface area contributed by atoms with Crippen LogP contribution in [-0.4, -0.2) is 34.3 Å². The Bertz CT molecular complexity index is 909. The Morgan fingerprint density at radius 1 is 1.35 bits per heavy atom. The van der Waals surface area contributed by atoms with Gasteiger partial charge < -0.3 is 14.5 Å². The molecule has 3 aromatic rings. The number of piperidine rings is 1. The smallest absolute Gasteiger partial charge is 0.407 e. The third kappa shape index (κ3) is 3.21. The Labute approximate surface area is 156 Å². The summed E-state index contributed by atoms with van der Waals surface area (Å²) in [6.45, 7) is 3.37. The minimum Gasteiger partial charge on any atom is -0.465 e. The molecule has 1 fully saturated rings. The summed E-state index contributed by atoms with van der Waals surface area (Å²) in [7, 11) is 0. The fourth-order valence-electron chi connectivity index (χ4n) is 3.82. The van der Waals surface area contributed by atoms with Crippen LogP contribution in [-0.2, 0) is 6.42 Å². The molecule has 1 aliphatic heterocycles. The molecule has 1 saturated heterocycles. The normalized spacial score (nSPS) is 15.7. The largest absolute Gasteiger partial charge is 0.465 e. The number of benzene rings is 1. The van der Waals surface area contributed by atoms with Gasteiger partial charge in [0.25, 0.3) is 0 Å². The number of amides is 1. The van der Waals surface area contributed by atoms with E-state index in [2.05, 4.69) is 41.7 Å². The monoisotopic (exact) mass is 370 g/mol. The maximum atomic E-state index is 11.0. The van der Waals surface area contributed by atoms with Gasteiger partial charge in [0.2, 0.25) is 0 Å². The second-order valence-electron chi connectivity index (χ2n) is 6.97. The number of aryl methyl sites for hydroxylation is 2. The Kier molecular flexibility index (Phi) is 4.68. The van der Waals surface area contributed by atoms with Gasteiger partial charge in [-0.2, -0.15) is 0 Å². The molecule has 0 bridgehead atoms. The van der Waals surface area contributed by atoms with E-state index < -0.39 is 6.09 Å². The summed E-state index contributed by atoms with van der Waals surface area (Å²) in [6.07, 6.45) is 2.97. The molecule has 0 atom stereocenters. The van der Waals surface area contributed by atoms with Crippen LogP contribution in [0.2, 0.25) is 0 Å². The Morgan fingerprint density at radius 2 is 2.15 bits per heavy atom. The van der Waals surface area contributed by atoms with Crippen molar-refractivity contribution in [3.63, 3.8) is 0 Å². The first-order valence-corrected chi connectivity index (χ1v) is 9.91. The maximum absolute atomic E-state index is 11.0. The topological polar surface area (TPSA) is 66.6 Å². The van der Waals surface area contributed by atoms with Crippen molar-refractivity contribution < 1.29 is 14.4 Å². The third-order valence-corrected chi connectivity index (χ3v) is 6.33. The molecule has 0 unspecified atom stereocenters. The van der Waals surface area contributed by atoms with Gasteiger partial charge in [-0.05, 0) is 61.6 Å². The minimum absolute atomic E-state index is 0.559. The van der Waals surface area contributed by atoms with Crippen molar-refractivity contribution in [2.45, 2.75) is 32.6 Å². The van der Waals surface area contributed by atoms with Crippen LogP contribution in [0.3, 0.4) is 0 Å². The van der Waals surface area contributed by atoms with Crippen molar-refractivity contribution in [3.8, 4) is 10.4 Å². The van der Waals surface area contributed by atoms with Crippen LogP contribution in [0.5, 0.6) is 0 Å². The fraction of sp³-hybridized carbons (Fsp3) is 0.400. The summed E-state index contributed by atoms with van der Waals surface area (Å²) in [6, 6.07) is 8.47. The maximum Gasteiger partial charge on any atom is 0.407 e. The van der Waals surface area contributed by atoms with E-state index in [1.807, 2.05) is 0 Å². The van der Waals surface area contributed by atoms with Gasteiger partial charge in [0.15, 0.2) is 5.58 Å². The van der Waals surface area contributed by atoms with Crippen molar-refractivity contribution in [1.29, 1.82) is 0 Å². The quantitative estimate of drug-likeness (QED) is 0.686. The Hall–Kier alpha value is -2.34. The van der Waals surface area contributed by atoms with Gasteiger partial charge in [0.1, 0.15) is 0 Å². The van der Waals surface area contributed by atoms with Crippen molar-refractivity contribution in [2.24, 2.45) is 5.92 Å². The van der Waals surface area contributed by atoms with Crippen LogP contribution in [0.4, 0.5) is 4.79 Å². The number of hydrogen-bond acceptors (Lipinski definition) is 4. The molecule has 1 N–H and O–H groups in total. The van der Waals surface area contributed by atoms with Crippen LogP contribution in [0, 0.1) is 12.8 Å². The van der Waals surface area contributed by atoms with Gasteiger partial charge >= 0.3 is 6.09 Å². The molecule has 0 radical (unpaired) electrons. The number of aromatic nitrogens is 1. The van der Waals surface area contributed by atoms with Crippen molar-refractivity contribution in [2.75, 3.05) is 13.1 Å². The highest BCUT2D eigenvalue weighted by molar-refractivity contribution is 7.13. The highest BCUT2D eigenvalue weighted by atomic mass is 32.1. The summed E-state index contributed by atoms with van der Waals surface area (Å²) >= 11 is 1.73. The zero-order valence-corrected chi connectivity index (χ0v) is 15.6. The standard InChI is InChI=1S/C20H22N2O3S/c1-13-15(18-3-2-12-26-18)5-6-16-17(21-25-19(13)16)7-4-14-8-10-22(11-9-14)20(23)24/h2-3,5-6,12,14H,4,7-11H2,1H3,(H,23,24). The van der Waals surface area contributed by atoms with Crippen LogP contribution < -0.4 is 0 Å². The number of carboxylic acid groups (broad SMARTS) is 1. The lowest BCUT2D eigenvalue weighted by Gasteiger charge is -2.29. The Morgan fingerprint density at radius 3 is 2.85 bits per heavy atom. The molecule has 0 spiro atoms. The first-order chi connectivity index (χ1) is 12.6. The molecule has 6 heteroatoms. The molecule has 1 aliphatic rings. The van der Waals surface area contributed by atoms with E-state index in [1.165, 1.54) is 15.3 Å². The number of hydrogen-bond donors (Lipinski definition) is 1. The number of nitrogens with zero attached hydrogens (tertiary/aromatic N) is 2. The molecule has 3 heterocycles. The second kappa shape index (κ2) is 7.11. The summed E-state index contributed by atoms with van der Waals surface area (Å²) in [5, 5.41) is 16.6. The van der Waals surface area contributed by atoms with E-state index in [1.54, 1.807) is 11.3 Å². The molecule has 5 nitrogen and oxygen atoms in total. The number of carbonyl (C=O) groups is 1. The van der Waals surface area contributed by atoms with Crippen LogP contribution in [0.15, 0.2) is 34.2 Å². The summed E-state index contributed by atoms with van der Waals surface area (Å²) in [5.74, 6) is 0.559. The number of likely N-dealkylation sites (tertiary alicyclic amines) is 1. The van der Waals surface area contributed by atoms with Crippen molar-refractivity contribution in [1.82, 2.24) is 10.1 Å². The van der Waals surface area contributed by atoms with E-state index >= 15 is 0 Å². The number of thiophene rings is 1. The molecular weight excluding hydrogens is 348 g/mol. The molecule has 26 heavy (non-hydrogen) atoms. The van der Waals surface area contributed by atoms with E-state index in [4.69, 9.17) is 9.63 Å². The lowest BCUT2D eigenvalue weighted by molar-refractivity contribution is 0.123. The Balaban J connectivity index is 1.47. The van der Waals surface area contributed by atoms with Gasteiger partial charge in [-0.25, -0.2) is 4.79 Å². The molecule has 1 aromatic carbocycles. The summed E-state index contributed by atoms with van der Waals surface area (Å²) in [4.78, 5) is 13.8. The lowest BCUT2D eigenvalue weighted by Crippen LogP contribution is -2.37. The molecule has 136 valence electrons. The third-order valence-electron chi connectivity index (χ3n) is 5.42. The van der Waals surface area contributed by atoms with Crippen LogP contribution >= 0.6 is 11.3 Å². The summed E-state index contributed by atoms with van der Waals surface area (Å²) < 4.78 is 5.68. The van der Waals surface area contributed by atoms with E-state index in [0.29, 0.717) is 19.0 Å². The summed E-state index contributed by atoms with van der Waals surface area (Å²) in [5.41, 5.74) is 4.24. The van der Waals surface area contributed by atoms with Gasteiger partial charge in [0.05, 0.1) is 5.69 Å². The molecular formula is C20H22N2O3S. The average Bonchev–Trinajstić information content (AvgIpc) is 3.31. The average molecular weight is 370 g/mol. The fourth-order valence-corrected chi connectivity index (χ4v) is 4.63. The van der Waals surface area contributed by atoms with E-state index in [9.17, 15) is 4.79 Å².